The molecule has 5 nitrogen and oxygen atoms in total. The first kappa shape index (κ1) is 12.4. The van der Waals surface area contributed by atoms with Crippen molar-refractivity contribution < 1.29 is 14.6 Å². The molecule has 0 radical (unpaired) electrons. The van der Waals surface area contributed by atoms with Crippen molar-refractivity contribution in [2.75, 3.05) is 46.9 Å². The van der Waals surface area contributed by atoms with Gasteiger partial charge in [-0.1, -0.05) is 0 Å². The number of ether oxygens (including phenoxy) is 1. The zero-order valence-electron chi connectivity index (χ0n) is 9.48. The van der Waals surface area contributed by atoms with E-state index in [-0.39, 0.29) is 12.3 Å². The van der Waals surface area contributed by atoms with Gasteiger partial charge in [-0.05, 0) is 7.05 Å². The van der Waals surface area contributed by atoms with Crippen molar-refractivity contribution in [2.45, 2.75) is 12.5 Å². The number of β-amino-alcohol motifs (C(OH)–C–C–N with tert-alkyl or cyclic N) is 1. The SMILES string of the molecule is COCCN(C)CCN1CC(O)CC1=O. The van der Waals surface area contributed by atoms with Crippen LogP contribution in [0.25, 0.3) is 0 Å². The van der Waals surface area contributed by atoms with E-state index in [4.69, 9.17) is 4.74 Å². The quantitative estimate of drug-likeness (QED) is 0.629. The minimum atomic E-state index is -0.471. The molecule has 1 aliphatic rings. The van der Waals surface area contributed by atoms with Crippen LogP contribution in [0, 0.1) is 0 Å². The van der Waals surface area contributed by atoms with E-state index in [0.717, 1.165) is 13.1 Å². The zero-order valence-corrected chi connectivity index (χ0v) is 9.48. The second-order valence-corrected chi connectivity index (χ2v) is 3.99. The van der Waals surface area contributed by atoms with Crippen LogP contribution in [0.15, 0.2) is 0 Å². The third-order valence-corrected chi connectivity index (χ3v) is 2.62. The number of aliphatic hydroxyl groups is 1. The van der Waals surface area contributed by atoms with E-state index in [9.17, 15) is 9.90 Å². The van der Waals surface area contributed by atoms with E-state index in [1.807, 2.05) is 7.05 Å². The van der Waals surface area contributed by atoms with Gasteiger partial charge >= 0.3 is 0 Å². The van der Waals surface area contributed by atoms with E-state index in [1.165, 1.54) is 0 Å². The molecular formula is C10H20N2O3. The van der Waals surface area contributed by atoms with E-state index < -0.39 is 6.10 Å². The lowest BCUT2D eigenvalue weighted by Gasteiger charge is -2.21. The standard InChI is InChI=1S/C10H20N2O3/c1-11(5-6-15-2)3-4-12-8-9(13)7-10(12)14/h9,13H,3-8H2,1-2H3. The summed E-state index contributed by atoms with van der Waals surface area (Å²) in [4.78, 5) is 15.2. The molecule has 5 heteroatoms. The second kappa shape index (κ2) is 6.05. The van der Waals surface area contributed by atoms with Gasteiger partial charge in [0.1, 0.15) is 0 Å². The second-order valence-electron chi connectivity index (χ2n) is 3.99. The number of hydrogen-bond donors (Lipinski definition) is 1. The first-order valence-electron chi connectivity index (χ1n) is 5.27. The molecule has 0 saturated carbocycles. The summed E-state index contributed by atoms with van der Waals surface area (Å²) in [5, 5.41) is 9.28. The molecule has 1 unspecified atom stereocenters. The Morgan fingerprint density at radius 1 is 1.60 bits per heavy atom. The summed E-state index contributed by atoms with van der Waals surface area (Å²) in [7, 11) is 3.67. The molecule has 1 aliphatic heterocycles. The predicted octanol–water partition coefficient (Wildman–Crippen LogP) is -0.842. The van der Waals surface area contributed by atoms with Gasteiger partial charge in [-0.15, -0.1) is 0 Å². The number of carbonyl (C=O) groups excluding carboxylic acids is 1. The predicted molar refractivity (Wildman–Crippen MR) is 56.6 cm³/mol. The van der Waals surface area contributed by atoms with Gasteiger partial charge in [0.2, 0.25) is 5.91 Å². The van der Waals surface area contributed by atoms with Crippen molar-refractivity contribution in [1.29, 1.82) is 0 Å². The fraction of sp³-hybridized carbons (Fsp3) is 0.900. The maximum Gasteiger partial charge on any atom is 0.225 e. The lowest BCUT2D eigenvalue weighted by atomic mass is 10.3. The highest BCUT2D eigenvalue weighted by Crippen LogP contribution is 2.09. The van der Waals surface area contributed by atoms with Gasteiger partial charge in [0.15, 0.2) is 0 Å². The van der Waals surface area contributed by atoms with Gasteiger partial charge in [-0.3, -0.25) is 4.79 Å². The molecule has 0 spiro atoms. The number of likely N-dealkylation sites (tertiary alicyclic amines) is 1. The van der Waals surface area contributed by atoms with Gasteiger partial charge < -0.3 is 19.6 Å². The summed E-state index contributed by atoms with van der Waals surface area (Å²) in [6.07, 6.45) is -0.191. The fourth-order valence-electron chi connectivity index (χ4n) is 1.62. The normalized spacial score (nSPS) is 21.7. The van der Waals surface area contributed by atoms with Crippen molar-refractivity contribution in [3.8, 4) is 0 Å². The van der Waals surface area contributed by atoms with Crippen LogP contribution in [0.3, 0.4) is 0 Å². The van der Waals surface area contributed by atoms with E-state index in [0.29, 0.717) is 19.7 Å². The zero-order chi connectivity index (χ0) is 11.3. The highest BCUT2D eigenvalue weighted by molar-refractivity contribution is 5.78. The molecule has 15 heavy (non-hydrogen) atoms. The Balaban J connectivity index is 2.16. The molecule has 0 aromatic carbocycles. The summed E-state index contributed by atoms with van der Waals surface area (Å²) in [5.41, 5.74) is 0. The van der Waals surface area contributed by atoms with Gasteiger partial charge in [0.05, 0.1) is 19.1 Å². The Hall–Kier alpha value is -0.650. The summed E-state index contributed by atoms with van der Waals surface area (Å²) < 4.78 is 4.96. The van der Waals surface area contributed by atoms with Crippen molar-refractivity contribution >= 4 is 5.91 Å². The van der Waals surface area contributed by atoms with E-state index in [2.05, 4.69) is 4.90 Å². The number of rotatable bonds is 6. The molecule has 0 bridgehead atoms. The van der Waals surface area contributed by atoms with Gasteiger partial charge in [-0.25, -0.2) is 0 Å². The molecule has 0 aliphatic carbocycles. The molecule has 1 saturated heterocycles. The molecule has 1 heterocycles. The molecule has 88 valence electrons. The largest absolute Gasteiger partial charge is 0.391 e. The summed E-state index contributed by atoms with van der Waals surface area (Å²) in [5.74, 6) is 0.0580. The minimum absolute atomic E-state index is 0.0580. The van der Waals surface area contributed by atoms with E-state index in [1.54, 1.807) is 12.0 Å². The number of hydrogen-bond acceptors (Lipinski definition) is 4. The Kier molecular flexibility index (Phi) is 5.01. The minimum Gasteiger partial charge on any atom is -0.391 e. The average molecular weight is 216 g/mol. The maximum absolute atomic E-state index is 11.3. The lowest BCUT2D eigenvalue weighted by Crippen LogP contribution is -2.35. The third kappa shape index (κ3) is 4.15. The maximum atomic E-state index is 11.3. The van der Waals surface area contributed by atoms with Crippen molar-refractivity contribution in [3.63, 3.8) is 0 Å². The van der Waals surface area contributed by atoms with Crippen LogP contribution in [0.2, 0.25) is 0 Å². The molecule has 1 rings (SSSR count). The number of carbonyl (C=O) groups is 1. The number of aliphatic hydroxyl groups excluding tert-OH is 1. The lowest BCUT2D eigenvalue weighted by molar-refractivity contribution is -0.127. The molecule has 1 N–H and O–H groups in total. The topological polar surface area (TPSA) is 53.0 Å². The number of nitrogens with zero attached hydrogens (tertiary/aromatic N) is 2. The Labute approximate surface area is 90.6 Å². The molecule has 1 atom stereocenters. The highest BCUT2D eigenvalue weighted by atomic mass is 16.5. The Morgan fingerprint density at radius 2 is 2.33 bits per heavy atom. The molecule has 0 aromatic rings. The number of likely N-dealkylation sites (N-methyl/N-ethyl adjacent to an activating group) is 1. The fourth-order valence-corrected chi connectivity index (χ4v) is 1.62. The summed E-state index contributed by atoms with van der Waals surface area (Å²) in [6.45, 7) is 3.56. The van der Waals surface area contributed by atoms with Gasteiger partial charge in [0.25, 0.3) is 0 Å². The first-order valence-corrected chi connectivity index (χ1v) is 5.27. The summed E-state index contributed by atoms with van der Waals surface area (Å²) in [6, 6.07) is 0. The Morgan fingerprint density at radius 3 is 2.87 bits per heavy atom. The van der Waals surface area contributed by atoms with Crippen LogP contribution in [-0.2, 0) is 9.53 Å². The van der Waals surface area contributed by atoms with Crippen LogP contribution >= 0.6 is 0 Å². The van der Waals surface area contributed by atoms with Crippen LogP contribution in [-0.4, -0.2) is 73.9 Å². The average Bonchev–Trinajstić information content (AvgIpc) is 2.51. The van der Waals surface area contributed by atoms with E-state index >= 15 is 0 Å². The smallest absolute Gasteiger partial charge is 0.225 e. The van der Waals surface area contributed by atoms with Crippen molar-refractivity contribution in [1.82, 2.24) is 9.80 Å². The molecule has 1 fully saturated rings. The monoisotopic (exact) mass is 216 g/mol. The van der Waals surface area contributed by atoms with Gasteiger partial charge in [-0.2, -0.15) is 0 Å². The van der Waals surface area contributed by atoms with Crippen molar-refractivity contribution in [2.24, 2.45) is 0 Å². The molecule has 1 amide bonds. The Bertz CT molecular complexity index is 211. The summed E-state index contributed by atoms with van der Waals surface area (Å²) >= 11 is 0. The van der Waals surface area contributed by atoms with Crippen LogP contribution < -0.4 is 0 Å². The highest BCUT2D eigenvalue weighted by Gasteiger charge is 2.27. The molecule has 0 aromatic heterocycles. The number of methoxy groups -OCH3 is 1. The van der Waals surface area contributed by atoms with Gasteiger partial charge in [0, 0.05) is 33.3 Å². The third-order valence-electron chi connectivity index (χ3n) is 2.62. The van der Waals surface area contributed by atoms with Crippen LogP contribution in [0.4, 0.5) is 0 Å². The first-order chi connectivity index (χ1) is 7.13. The van der Waals surface area contributed by atoms with Crippen LogP contribution in [0.1, 0.15) is 6.42 Å². The number of amides is 1. The molecular weight excluding hydrogens is 196 g/mol. The van der Waals surface area contributed by atoms with Crippen molar-refractivity contribution in [3.05, 3.63) is 0 Å². The van der Waals surface area contributed by atoms with Crippen LogP contribution in [0.5, 0.6) is 0 Å².